The first kappa shape index (κ1) is 46.5. The molecule has 0 unspecified atom stereocenters. The van der Waals surface area contributed by atoms with Crippen molar-refractivity contribution in [3.05, 3.63) is 338 Å². The summed E-state index contributed by atoms with van der Waals surface area (Å²) in [7, 11) is 0. The molecule has 0 saturated heterocycles. The third-order valence-electron chi connectivity index (χ3n) is 17.2. The summed E-state index contributed by atoms with van der Waals surface area (Å²) in [5, 5.41) is 9.85. The third-order valence-corrected chi connectivity index (χ3v) is 17.2. The van der Waals surface area contributed by atoms with Crippen molar-refractivity contribution in [2.75, 3.05) is 4.90 Å². The number of nitrogens with zero attached hydrogens (tertiary/aromatic N) is 2. The van der Waals surface area contributed by atoms with Crippen LogP contribution < -0.4 is 4.90 Å². The Morgan fingerprint density at radius 2 is 0.728 bits per heavy atom. The largest absolute Gasteiger partial charge is 0.310 e. The highest BCUT2D eigenvalue weighted by Crippen LogP contribution is 2.57. The first-order valence-electron chi connectivity index (χ1n) is 28.1. The normalized spacial score (nSPS) is 12.5. The van der Waals surface area contributed by atoms with E-state index < -0.39 is 5.41 Å². The number of benzene rings is 14. The van der Waals surface area contributed by atoms with Gasteiger partial charge in [-0.3, -0.25) is 0 Å². The highest BCUT2D eigenvalue weighted by Gasteiger charge is 2.46. The number of para-hydroxylation sites is 1. The van der Waals surface area contributed by atoms with Gasteiger partial charge in [0.15, 0.2) is 0 Å². The number of aromatic nitrogens is 1. The van der Waals surface area contributed by atoms with E-state index in [2.05, 4.69) is 325 Å². The van der Waals surface area contributed by atoms with Crippen molar-refractivity contribution in [1.82, 2.24) is 4.57 Å². The zero-order valence-electron chi connectivity index (χ0n) is 44.4. The fourth-order valence-electron chi connectivity index (χ4n) is 13.7. The van der Waals surface area contributed by atoms with Gasteiger partial charge in [-0.05, 0) is 166 Å². The van der Waals surface area contributed by atoms with Crippen LogP contribution in [-0.4, -0.2) is 4.57 Å². The molecule has 0 N–H and O–H groups in total. The summed E-state index contributed by atoms with van der Waals surface area (Å²) in [5.74, 6) is 0. The molecule has 0 spiro atoms. The molecule has 1 aliphatic carbocycles. The summed E-state index contributed by atoms with van der Waals surface area (Å²) in [6.07, 6.45) is 0. The van der Waals surface area contributed by atoms with Crippen molar-refractivity contribution >= 4 is 71.2 Å². The summed E-state index contributed by atoms with van der Waals surface area (Å²) >= 11 is 0. The lowest BCUT2D eigenvalue weighted by molar-refractivity contribution is 0.767. The van der Waals surface area contributed by atoms with E-state index in [0.717, 1.165) is 28.3 Å². The highest BCUT2D eigenvalue weighted by atomic mass is 15.1. The second-order valence-electron chi connectivity index (χ2n) is 21.5. The summed E-state index contributed by atoms with van der Waals surface area (Å²) in [4.78, 5) is 2.43. The second kappa shape index (κ2) is 18.8. The Kier molecular flexibility index (Phi) is 10.8. The molecule has 0 saturated carbocycles. The Bertz CT molecular complexity index is 4810. The van der Waals surface area contributed by atoms with Gasteiger partial charge in [-0.1, -0.05) is 249 Å². The van der Waals surface area contributed by atoms with Crippen LogP contribution in [0.1, 0.15) is 22.3 Å². The van der Waals surface area contributed by atoms with Crippen molar-refractivity contribution < 1.29 is 0 Å². The smallest absolute Gasteiger partial charge is 0.0714 e. The van der Waals surface area contributed by atoms with Gasteiger partial charge < -0.3 is 9.47 Å². The van der Waals surface area contributed by atoms with Crippen LogP contribution in [0.25, 0.3) is 104 Å². The van der Waals surface area contributed by atoms with Crippen molar-refractivity contribution in [3.63, 3.8) is 0 Å². The second-order valence-corrected chi connectivity index (χ2v) is 21.5. The molecular weight excluding hydrogens is 977 g/mol. The van der Waals surface area contributed by atoms with Crippen molar-refractivity contribution in [2.45, 2.75) is 5.41 Å². The maximum Gasteiger partial charge on any atom is 0.0714 e. The van der Waals surface area contributed by atoms with Crippen molar-refractivity contribution in [2.24, 2.45) is 0 Å². The van der Waals surface area contributed by atoms with Crippen LogP contribution >= 0.6 is 0 Å². The third kappa shape index (κ3) is 7.34. The molecule has 0 fully saturated rings. The minimum absolute atomic E-state index is 0.512. The van der Waals surface area contributed by atoms with E-state index in [4.69, 9.17) is 0 Å². The van der Waals surface area contributed by atoms with Gasteiger partial charge in [-0.15, -0.1) is 0 Å². The number of hydrogen-bond acceptors (Lipinski definition) is 1. The van der Waals surface area contributed by atoms with Crippen LogP contribution in [0, 0.1) is 0 Å². The van der Waals surface area contributed by atoms with Gasteiger partial charge in [0.1, 0.15) is 0 Å². The molecule has 1 heterocycles. The van der Waals surface area contributed by atoms with Gasteiger partial charge in [0, 0.05) is 33.5 Å². The van der Waals surface area contributed by atoms with E-state index >= 15 is 0 Å². The maximum absolute atomic E-state index is 2.48. The predicted molar refractivity (Wildman–Crippen MR) is 342 cm³/mol. The van der Waals surface area contributed by atoms with Crippen molar-refractivity contribution in [1.29, 1.82) is 0 Å². The molecule has 0 amide bonds. The minimum atomic E-state index is -0.512. The molecule has 2 nitrogen and oxygen atoms in total. The predicted octanol–water partition coefficient (Wildman–Crippen LogP) is 21.1. The molecule has 0 aliphatic heterocycles. The Morgan fingerprint density at radius 3 is 1.37 bits per heavy atom. The lowest BCUT2D eigenvalue weighted by Crippen LogP contribution is -2.28. The fourth-order valence-corrected chi connectivity index (χ4v) is 13.7. The lowest BCUT2D eigenvalue weighted by atomic mass is 9.67. The molecular formula is C79H52N2. The monoisotopic (exact) mass is 1030 g/mol. The summed E-state index contributed by atoms with van der Waals surface area (Å²) < 4.78 is 2.48. The van der Waals surface area contributed by atoms with Crippen LogP contribution in [0.4, 0.5) is 17.1 Å². The lowest BCUT2D eigenvalue weighted by Gasteiger charge is -2.34. The van der Waals surface area contributed by atoms with E-state index in [1.54, 1.807) is 0 Å². The first-order valence-corrected chi connectivity index (χ1v) is 28.1. The van der Waals surface area contributed by atoms with Crippen LogP contribution in [0.15, 0.2) is 315 Å². The van der Waals surface area contributed by atoms with Gasteiger partial charge >= 0.3 is 0 Å². The Hall–Kier alpha value is -10.5. The zero-order valence-corrected chi connectivity index (χ0v) is 44.4. The van der Waals surface area contributed by atoms with E-state index in [0.29, 0.717) is 0 Å². The Labute approximate surface area is 471 Å². The van der Waals surface area contributed by atoms with Gasteiger partial charge in [0.25, 0.3) is 0 Å². The Morgan fingerprint density at radius 1 is 0.259 bits per heavy atom. The molecule has 1 aliphatic rings. The molecule has 0 atom stereocenters. The quantitative estimate of drug-likeness (QED) is 0.131. The van der Waals surface area contributed by atoms with Crippen LogP contribution in [0.2, 0.25) is 0 Å². The molecule has 14 aromatic carbocycles. The van der Waals surface area contributed by atoms with Crippen LogP contribution in [0.3, 0.4) is 0 Å². The van der Waals surface area contributed by atoms with Gasteiger partial charge in [0.05, 0.1) is 16.4 Å². The molecule has 81 heavy (non-hydrogen) atoms. The maximum atomic E-state index is 2.48. The van der Waals surface area contributed by atoms with E-state index in [9.17, 15) is 0 Å². The SMILES string of the molecule is c1ccc(-c2c3ccccc3c(-c3ccc(N(c4ccc(-c5ccc6ccccc6c5)cc4)c4ccc5c(c4)c4ccccc4n5-c4ccc5c(c4)C(c4ccccc4)(c4ccccc4)c4ccccc4-5)cc3)c3ccccc23)cc1. The highest BCUT2D eigenvalue weighted by molar-refractivity contribution is 6.21. The Balaban J connectivity index is 0.866. The average molecular weight is 1030 g/mol. The number of hydrogen-bond donors (Lipinski definition) is 0. The van der Waals surface area contributed by atoms with E-state index in [1.165, 1.54) is 115 Å². The van der Waals surface area contributed by atoms with Gasteiger partial charge in [-0.2, -0.15) is 0 Å². The van der Waals surface area contributed by atoms with Crippen LogP contribution in [0.5, 0.6) is 0 Å². The number of fused-ring (bicyclic) bond motifs is 9. The molecule has 15 aromatic rings. The summed E-state index contributed by atoms with van der Waals surface area (Å²) in [6.45, 7) is 0. The molecule has 0 bridgehead atoms. The fraction of sp³-hybridized carbons (Fsp3) is 0.0127. The molecule has 0 radical (unpaired) electrons. The minimum Gasteiger partial charge on any atom is -0.310 e. The number of anilines is 3. The first-order chi connectivity index (χ1) is 40.2. The standard InChI is InChI=1S/C79H52N2/c1-4-21-55(22-5-1)77-68-30-12-14-32-70(68)78(71-33-15-13-31-69(71)77)56-40-44-62(45-41-56)80(61-42-38-54(39-43-61)58-37-36-53-20-10-11-23-57(53)50-58)63-47-49-76-72(51-63)67-29-17-19-35-75(67)81(76)64-46-48-66-65-28-16-18-34-73(65)79(74(66)52-64,59-24-6-2-7-25-59)60-26-8-3-9-27-60/h1-52H. The summed E-state index contributed by atoms with van der Waals surface area (Å²) in [6, 6.07) is 117. The zero-order chi connectivity index (χ0) is 53.4. The number of rotatable bonds is 9. The topological polar surface area (TPSA) is 8.17 Å². The van der Waals surface area contributed by atoms with E-state index in [1.807, 2.05) is 0 Å². The molecule has 2 heteroatoms. The average Bonchev–Trinajstić information content (AvgIpc) is 4.14. The van der Waals surface area contributed by atoms with Crippen molar-refractivity contribution in [3.8, 4) is 50.2 Å². The molecule has 378 valence electrons. The van der Waals surface area contributed by atoms with E-state index in [-0.39, 0.29) is 0 Å². The van der Waals surface area contributed by atoms with Gasteiger partial charge in [0.2, 0.25) is 0 Å². The van der Waals surface area contributed by atoms with Crippen LogP contribution in [-0.2, 0) is 5.41 Å². The molecule has 1 aromatic heterocycles. The summed E-state index contributed by atoms with van der Waals surface area (Å²) in [5.41, 5.74) is 21.1. The van der Waals surface area contributed by atoms with Gasteiger partial charge in [-0.25, -0.2) is 0 Å². The molecule has 16 rings (SSSR count).